The van der Waals surface area contributed by atoms with Crippen LogP contribution in [0.4, 0.5) is 0 Å². The van der Waals surface area contributed by atoms with Gasteiger partial charge in [0.2, 0.25) is 0 Å². The van der Waals surface area contributed by atoms with Crippen LogP contribution in [0.2, 0.25) is 10.0 Å². The number of hydrogen-bond donors (Lipinski definition) is 1. The van der Waals surface area contributed by atoms with Crippen molar-refractivity contribution in [2.45, 2.75) is 44.2 Å². The number of ether oxygens (including phenoxy) is 1. The minimum Gasteiger partial charge on any atom is -0.376 e. The van der Waals surface area contributed by atoms with E-state index in [2.05, 4.69) is 12.2 Å². The molecule has 4 heteroatoms. The van der Waals surface area contributed by atoms with Crippen LogP contribution >= 0.6 is 23.2 Å². The zero-order chi connectivity index (χ0) is 13.9. The molecule has 1 aliphatic rings. The van der Waals surface area contributed by atoms with E-state index in [1.54, 1.807) is 7.11 Å². The zero-order valence-electron chi connectivity index (χ0n) is 11.5. The molecule has 1 N–H and O–H groups in total. The Morgan fingerprint density at radius 2 is 2.05 bits per heavy atom. The van der Waals surface area contributed by atoms with E-state index in [1.807, 2.05) is 18.2 Å². The first-order chi connectivity index (χ1) is 9.13. The fourth-order valence-electron chi connectivity index (χ4n) is 2.72. The first kappa shape index (κ1) is 15.1. The normalized spacial score (nSPS) is 18.9. The van der Waals surface area contributed by atoms with Gasteiger partial charge in [-0.3, -0.25) is 0 Å². The summed E-state index contributed by atoms with van der Waals surface area (Å²) in [6.45, 7) is 3.13. The maximum Gasteiger partial charge on any atom is 0.0872 e. The Labute approximate surface area is 125 Å². The van der Waals surface area contributed by atoms with Crippen LogP contribution in [0.3, 0.4) is 0 Å². The maximum atomic E-state index is 6.15. The summed E-state index contributed by atoms with van der Waals surface area (Å²) < 4.78 is 5.82. The quantitative estimate of drug-likeness (QED) is 0.829. The summed E-state index contributed by atoms with van der Waals surface area (Å²) in [4.78, 5) is 0. The minimum atomic E-state index is -0.0909. The molecule has 19 heavy (non-hydrogen) atoms. The standard InChI is InChI=1S/C15H21Cl2NO/c1-3-9-18-14(15(19-2)7-4-8-15)11-5-6-12(16)13(17)10-11/h5-6,10,14,18H,3-4,7-9H2,1-2H3. The predicted molar refractivity (Wildman–Crippen MR) is 81.1 cm³/mol. The predicted octanol–water partition coefficient (Wildman–Crippen LogP) is 4.60. The van der Waals surface area contributed by atoms with E-state index in [1.165, 1.54) is 6.42 Å². The molecule has 1 aliphatic carbocycles. The molecular weight excluding hydrogens is 281 g/mol. The van der Waals surface area contributed by atoms with E-state index in [-0.39, 0.29) is 11.6 Å². The van der Waals surface area contributed by atoms with E-state index in [4.69, 9.17) is 27.9 Å². The number of rotatable bonds is 6. The van der Waals surface area contributed by atoms with Crippen LogP contribution in [0.25, 0.3) is 0 Å². The molecule has 0 spiro atoms. The highest BCUT2D eigenvalue weighted by molar-refractivity contribution is 6.42. The lowest BCUT2D eigenvalue weighted by Crippen LogP contribution is -2.50. The van der Waals surface area contributed by atoms with Crippen molar-refractivity contribution in [1.29, 1.82) is 0 Å². The molecule has 0 bridgehead atoms. The van der Waals surface area contributed by atoms with Crippen molar-refractivity contribution in [2.24, 2.45) is 0 Å². The first-order valence-corrected chi connectivity index (χ1v) is 7.62. The molecule has 0 aromatic heterocycles. The van der Waals surface area contributed by atoms with Gasteiger partial charge in [0.15, 0.2) is 0 Å². The summed E-state index contributed by atoms with van der Waals surface area (Å²) in [5, 5.41) is 4.80. The van der Waals surface area contributed by atoms with Crippen LogP contribution in [0.1, 0.15) is 44.2 Å². The van der Waals surface area contributed by atoms with Crippen LogP contribution in [0, 0.1) is 0 Å². The van der Waals surface area contributed by atoms with E-state index in [9.17, 15) is 0 Å². The molecule has 0 amide bonds. The fraction of sp³-hybridized carbons (Fsp3) is 0.600. The van der Waals surface area contributed by atoms with Gasteiger partial charge in [0, 0.05) is 7.11 Å². The van der Waals surface area contributed by atoms with Gasteiger partial charge in [0.05, 0.1) is 21.7 Å². The average Bonchev–Trinajstić information content (AvgIpc) is 2.36. The van der Waals surface area contributed by atoms with Crippen LogP contribution in [-0.4, -0.2) is 19.3 Å². The highest BCUT2D eigenvalue weighted by atomic mass is 35.5. The van der Waals surface area contributed by atoms with Gasteiger partial charge in [0.25, 0.3) is 0 Å². The highest BCUT2D eigenvalue weighted by Crippen LogP contribution is 2.45. The molecule has 2 nitrogen and oxygen atoms in total. The molecule has 1 fully saturated rings. The van der Waals surface area contributed by atoms with E-state index in [0.717, 1.165) is 31.4 Å². The SMILES string of the molecule is CCCNC(c1ccc(Cl)c(Cl)c1)C1(OC)CCC1. The number of methoxy groups -OCH3 is 1. The molecule has 1 saturated carbocycles. The highest BCUT2D eigenvalue weighted by Gasteiger charge is 2.45. The lowest BCUT2D eigenvalue weighted by atomic mass is 9.72. The summed E-state index contributed by atoms with van der Waals surface area (Å²) in [6.07, 6.45) is 4.49. The maximum absolute atomic E-state index is 6.15. The number of nitrogens with one attached hydrogen (secondary N) is 1. The Morgan fingerprint density at radius 3 is 2.53 bits per heavy atom. The smallest absolute Gasteiger partial charge is 0.0872 e. The van der Waals surface area contributed by atoms with Crippen LogP contribution in [0.15, 0.2) is 18.2 Å². The third kappa shape index (κ3) is 3.08. The summed E-state index contributed by atoms with van der Waals surface area (Å²) in [6, 6.07) is 6.04. The molecule has 1 aromatic carbocycles. The molecule has 1 unspecified atom stereocenters. The molecule has 0 aliphatic heterocycles. The fourth-order valence-corrected chi connectivity index (χ4v) is 3.03. The Morgan fingerprint density at radius 1 is 1.32 bits per heavy atom. The Bertz CT molecular complexity index is 427. The van der Waals surface area contributed by atoms with Gasteiger partial charge in [-0.2, -0.15) is 0 Å². The monoisotopic (exact) mass is 301 g/mol. The number of halogens is 2. The Hall–Kier alpha value is -0.280. The summed E-state index contributed by atoms with van der Waals surface area (Å²) in [7, 11) is 1.80. The van der Waals surface area contributed by atoms with Crippen LogP contribution in [-0.2, 0) is 4.74 Å². The summed E-state index contributed by atoms with van der Waals surface area (Å²) >= 11 is 12.1. The lowest BCUT2D eigenvalue weighted by molar-refractivity contribution is -0.0997. The van der Waals surface area contributed by atoms with Gasteiger partial charge in [-0.25, -0.2) is 0 Å². The second kappa shape index (κ2) is 6.45. The molecule has 0 heterocycles. The van der Waals surface area contributed by atoms with Crippen molar-refractivity contribution in [2.75, 3.05) is 13.7 Å². The molecule has 1 atom stereocenters. The number of benzene rings is 1. The van der Waals surface area contributed by atoms with Crippen molar-refractivity contribution in [3.63, 3.8) is 0 Å². The van der Waals surface area contributed by atoms with Crippen LogP contribution < -0.4 is 5.32 Å². The van der Waals surface area contributed by atoms with Crippen molar-refractivity contribution in [3.05, 3.63) is 33.8 Å². The molecule has 2 rings (SSSR count). The second-order valence-electron chi connectivity index (χ2n) is 5.18. The van der Waals surface area contributed by atoms with Gasteiger partial charge in [0.1, 0.15) is 0 Å². The van der Waals surface area contributed by atoms with E-state index >= 15 is 0 Å². The topological polar surface area (TPSA) is 21.3 Å². The average molecular weight is 302 g/mol. The lowest BCUT2D eigenvalue weighted by Gasteiger charge is -2.47. The molecule has 106 valence electrons. The number of hydrogen-bond acceptors (Lipinski definition) is 2. The Balaban J connectivity index is 2.28. The van der Waals surface area contributed by atoms with Crippen molar-refractivity contribution >= 4 is 23.2 Å². The molecule has 0 saturated heterocycles. The summed E-state index contributed by atoms with van der Waals surface area (Å²) in [5.41, 5.74) is 1.07. The van der Waals surface area contributed by atoms with Gasteiger partial charge in [-0.15, -0.1) is 0 Å². The third-order valence-corrected chi connectivity index (χ3v) is 4.75. The van der Waals surface area contributed by atoms with Gasteiger partial charge >= 0.3 is 0 Å². The largest absolute Gasteiger partial charge is 0.376 e. The second-order valence-corrected chi connectivity index (χ2v) is 6.00. The Kier molecular flexibility index (Phi) is 5.13. The van der Waals surface area contributed by atoms with Gasteiger partial charge in [-0.05, 0) is 49.9 Å². The molecule has 0 radical (unpaired) electrons. The van der Waals surface area contributed by atoms with E-state index < -0.39 is 0 Å². The van der Waals surface area contributed by atoms with Gasteiger partial charge in [-0.1, -0.05) is 36.2 Å². The van der Waals surface area contributed by atoms with E-state index in [0.29, 0.717) is 10.0 Å². The van der Waals surface area contributed by atoms with Crippen molar-refractivity contribution in [3.8, 4) is 0 Å². The zero-order valence-corrected chi connectivity index (χ0v) is 13.0. The molecule has 1 aromatic rings. The van der Waals surface area contributed by atoms with Crippen molar-refractivity contribution in [1.82, 2.24) is 5.32 Å². The summed E-state index contributed by atoms with van der Waals surface area (Å²) in [5.74, 6) is 0. The molecular formula is C15H21Cl2NO. The van der Waals surface area contributed by atoms with Gasteiger partial charge < -0.3 is 10.1 Å². The van der Waals surface area contributed by atoms with Crippen molar-refractivity contribution < 1.29 is 4.74 Å². The first-order valence-electron chi connectivity index (χ1n) is 6.86. The van der Waals surface area contributed by atoms with Crippen LogP contribution in [0.5, 0.6) is 0 Å². The minimum absolute atomic E-state index is 0.0909. The third-order valence-electron chi connectivity index (χ3n) is 4.01.